The van der Waals surface area contributed by atoms with Gasteiger partial charge in [0.05, 0.1) is 6.54 Å². The summed E-state index contributed by atoms with van der Waals surface area (Å²) >= 11 is 0. The Morgan fingerprint density at radius 2 is 2.09 bits per heavy atom. The second-order valence-corrected chi connectivity index (χ2v) is 5.78. The molecule has 13 nitrogen and oxygen atoms in total. The van der Waals surface area contributed by atoms with Gasteiger partial charge in [0.1, 0.15) is 11.7 Å². The molecule has 4 N–H and O–H groups in total. The lowest BCUT2D eigenvalue weighted by Gasteiger charge is -2.25. The van der Waals surface area contributed by atoms with Crippen molar-refractivity contribution >= 4 is 28.4 Å². The summed E-state index contributed by atoms with van der Waals surface area (Å²) in [5, 5.41) is 13.3. The highest BCUT2D eigenvalue weighted by Crippen LogP contribution is 2.43. The highest BCUT2D eigenvalue weighted by atomic mass is 32.3. The minimum Gasteiger partial charge on any atom is -0.479 e. The fourth-order valence-electron chi connectivity index (χ4n) is 2.60. The van der Waals surface area contributed by atoms with E-state index in [1.54, 1.807) is 0 Å². The summed E-state index contributed by atoms with van der Waals surface area (Å²) in [6, 6.07) is -4.71. The van der Waals surface area contributed by atoms with Gasteiger partial charge in [0.25, 0.3) is 0 Å². The molecule has 0 spiro atoms. The van der Waals surface area contributed by atoms with Gasteiger partial charge in [-0.1, -0.05) is 0 Å². The van der Waals surface area contributed by atoms with Crippen LogP contribution < -0.4 is 5.73 Å². The van der Waals surface area contributed by atoms with Crippen LogP contribution in [0.1, 0.15) is 23.3 Å². The van der Waals surface area contributed by atoms with E-state index in [1.165, 1.54) is 0 Å². The van der Waals surface area contributed by atoms with Crippen LogP contribution in [0.15, 0.2) is 6.20 Å². The van der Waals surface area contributed by atoms with Crippen molar-refractivity contribution in [3.8, 4) is 0 Å². The molecule has 2 aliphatic rings. The molecule has 3 amide bonds. The van der Waals surface area contributed by atoms with Crippen molar-refractivity contribution in [1.82, 2.24) is 19.7 Å². The van der Waals surface area contributed by atoms with Gasteiger partial charge in [-0.15, -0.1) is 4.28 Å². The summed E-state index contributed by atoms with van der Waals surface area (Å²) < 4.78 is 35.4. The fourth-order valence-corrected chi connectivity index (χ4v) is 2.98. The van der Waals surface area contributed by atoms with E-state index < -0.39 is 40.5 Å². The topological polar surface area (TPSA) is 185 Å². The number of nitrogens with zero attached hydrogens (tertiary/aromatic N) is 4. The number of aliphatic carboxylic acids is 1. The number of primary amides is 1. The van der Waals surface area contributed by atoms with Crippen LogP contribution in [0, 0.1) is 0 Å². The van der Waals surface area contributed by atoms with Crippen LogP contribution in [0.25, 0.3) is 0 Å². The Morgan fingerprint density at radius 1 is 1.43 bits per heavy atom. The van der Waals surface area contributed by atoms with Crippen molar-refractivity contribution in [3.63, 3.8) is 0 Å². The van der Waals surface area contributed by atoms with Gasteiger partial charge in [-0.25, -0.2) is 14.4 Å². The number of carbonyl (C=O) groups excluding carboxylic acids is 2. The van der Waals surface area contributed by atoms with Gasteiger partial charge in [0.15, 0.2) is 6.04 Å². The van der Waals surface area contributed by atoms with Crippen molar-refractivity contribution < 1.29 is 36.7 Å². The van der Waals surface area contributed by atoms with E-state index >= 15 is 0 Å². The average Bonchev–Trinajstić information content (AvgIpc) is 2.94. The Morgan fingerprint density at radius 3 is 2.61 bits per heavy atom. The quantitative estimate of drug-likeness (QED) is 0.545. The number of rotatable bonds is 3. The first kappa shape index (κ1) is 15.2. The second-order valence-electron chi connectivity index (χ2n) is 4.77. The van der Waals surface area contributed by atoms with Crippen LogP contribution >= 0.6 is 0 Å². The first-order valence-electron chi connectivity index (χ1n) is 5.99. The van der Waals surface area contributed by atoms with Crippen molar-refractivity contribution in [2.24, 2.45) is 5.73 Å². The molecule has 1 fully saturated rings. The highest BCUT2D eigenvalue weighted by Gasteiger charge is 2.54. The molecular formula is C9H9N5O8S. The molecule has 1 aromatic rings. The summed E-state index contributed by atoms with van der Waals surface area (Å²) in [7, 11) is -5.02. The fraction of sp³-hybridized carbons (Fsp3) is 0.333. The van der Waals surface area contributed by atoms with Gasteiger partial charge < -0.3 is 15.7 Å². The van der Waals surface area contributed by atoms with Gasteiger partial charge in [-0.3, -0.25) is 4.55 Å². The molecule has 3 rings (SSSR count). The molecule has 1 saturated heterocycles. The number of carboxylic acids is 1. The molecule has 1 aromatic heterocycles. The number of hydrogen-bond donors (Lipinski definition) is 3. The lowest BCUT2D eigenvalue weighted by molar-refractivity contribution is -0.142. The van der Waals surface area contributed by atoms with E-state index in [9.17, 15) is 27.9 Å². The molecule has 2 bridgehead atoms. The number of nitrogens with two attached hydrogens (primary N) is 1. The molecule has 0 radical (unpaired) electrons. The van der Waals surface area contributed by atoms with E-state index in [4.69, 9.17) is 10.3 Å². The zero-order valence-electron chi connectivity index (χ0n) is 11.1. The Hall–Kier alpha value is -2.71. The lowest BCUT2D eigenvalue weighted by atomic mass is 9.98. The second kappa shape index (κ2) is 4.64. The molecule has 2 atom stereocenters. The Labute approximate surface area is 127 Å². The van der Waals surface area contributed by atoms with Gasteiger partial charge in [0, 0.05) is 11.8 Å². The van der Waals surface area contributed by atoms with E-state index in [1.807, 2.05) is 0 Å². The third-order valence-electron chi connectivity index (χ3n) is 3.42. The maximum absolute atomic E-state index is 12.1. The SMILES string of the molecule is NC(=O)n1cc2c(n1)C(C(=O)O)N1C[C@H]2N(OS(=O)(=O)O)C1=O. The predicted octanol–water partition coefficient (Wildman–Crippen LogP) is -1.54. The maximum Gasteiger partial charge on any atom is 0.418 e. The minimum atomic E-state index is -5.02. The van der Waals surface area contributed by atoms with Crippen LogP contribution in [-0.4, -0.2) is 62.4 Å². The van der Waals surface area contributed by atoms with Crippen molar-refractivity contribution in [2.45, 2.75) is 12.1 Å². The van der Waals surface area contributed by atoms with Crippen molar-refractivity contribution in [3.05, 3.63) is 17.5 Å². The molecule has 3 heterocycles. The monoisotopic (exact) mass is 347 g/mol. The van der Waals surface area contributed by atoms with Crippen LogP contribution in [-0.2, 0) is 19.5 Å². The van der Waals surface area contributed by atoms with Gasteiger partial charge >= 0.3 is 28.4 Å². The van der Waals surface area contributed by atoms with Gasteiger partial charge in [0.2, 0.25) is 0 Å². The summed E-state index contributed by atoms with van der Waals surface area (Å²) in [5.74, 6) is -1.44. The highest BCUT2D eigenvalue weighted by molar-refractivity contribution is 7.80. The third kappa shape index (κ3) is 2.28. The smallest absolute Gasteiger partial charge is 0.418 e. The molecule has 1 unspecified atom stereocenters. The number of hydrogen-bond acceptors (Lipinski definition) is 7. The van der Waals surface area contributed by atoms with E-state index in [0.717, 1.165) is 11.1 Å². The van der Waals surface area contributed by atoms with Crippen LogP contribution in [0.3, 0.4) is 0 Å². The molecule has 2 aliphatic heterocycles. The number of hydroxylamine groups is 2. The summed E-state index contributed by atoms with van der Waals surface area (Å²) in [4.78, 5) is 35.5. The molecule has 14 heteroatoms. The van der Waals surface area contributed by atoms with Crippen LogP contribution in [0.2, 0.25) is 0 Å². The first-order valence-corrected chi connectivity index (χ1v) is 7.35. The number of fused-ring (bicyclic) bond motifs is 4. The average molecular weight is 347 g/mol. The van der Waals surface area contributed by atoms with Crippen LogP contribution in [0.5, 0.6) is 0 Å². The Balaban J connectivity index is 2.13. The predicted molar refractivity (Wildman–Crippen MR) is 66.9 cm³/mol. The lowest BCUT2D eigenvalue weighted by Crippen LogP contribution is -2.39. The largest absolute Gasteiger partial charge is 0.479 e. The van der Waals surface area contributed by atoms with Gasteiger partial charge in [-0.2, -0.15) is 23.3 Å². The molecule has 124 valence electrons. The molecule has 0 aromatic carbocycles. The summed E-state index contributed by atoms with van der Waals surface area (Å²) in [6.07, 6.45) is 1.08. The van der Waals surface area contributed by atoms with E-state index in [2.05, 4.69) is 9.38 Å². The van der Waals surface area contributed by atoms with E-state index in [0.29, 0.717) is 9.75 Å². The first-order chi connectivity index (χ1) is 10.6. The normalized spacial score (nSPS) is 23.1. The summed E-state index contributed by atoms with van der Waals surface area (Å²) in [5.41, 5.74) is 4.98. The molecule has 23 heavy (non-hydrogen) atoms. The minimum absolute atomic E-state index is 0.0713. The third-order valence-corrected chi connectivity index (χ3v) is 3.77. The number of urea groups is 1. The maximum atomic E-state index is 12.1. The van der Waals surface area contributed by atoms with E-state index in [-0.39, 0.29) is 17.8 Å². The molecule has 0 aliphatic carbocycles. The number of carboxylic acid groups (broad SMARTS) is 1. The Bertz CT molecular complexity index is 831. The Kier molecular flexibility index (Phi) is 3.07. The molecular weight excluding hydrogens is 338 g/mol. The van der Waals surface area contributed by atoms with Crippen molar-refractivity contribution in [1.29, 1.82) is 0 Å². The molecule has 0 saturated carbocycles. The number of aromatic nitrogens is 2. The van der Waals surface area contributed by atoms with Crippen molar-refractivity contribution in [2.75, 3.05) is 6.54 Å². The zero-order chi connectivity index (χ0) is 17.1. The summed E-state index contributed by atoms with van der Waals surface area (Å²) in [6.45, 7) is -0.233. The standard InChI is InChI=1S/C9H9N5O8S/c10-8(17)13-1-3-4-2-12(6(7(15)16)5(3)11-13)9(18)14(4)22-23(19,20)21/h1,4,6H,2H2,(H2,10,17)(H,15,16)(H,19,20,21)/t4-,6?/m1/s1. The van der Waals surface area contributed by atoms with Gasteiger partial charge in [-0.05, 0) is 0 Å². The zero-order valence-corrected chi connectivity index (χ0v) is 11.9. The number of carbonyl (C=O) groups is 3. The number of amides is 3. The van der Waals surface area contributed by atoms with Crippen LogP contribution in [0.4, 0.5) is 9.59 Å².